The molecule has 0 aromatic carbocycles. The van der Waals surface area contributed by atoms with Gasteiger partial charge >= 0.3 is 0 Å². The van der Waals surface area contributed by atoms with E-state index in [1.54, 1.807) is 7.11 Å². The molecule has 0 unspecified atom stereocenters. The van der Waals surface area contributed by atoms with Gasteiger partial charge in [0.05, 0.1) is 12.7 Å². The van der Waals surface area contributed by atoms with Crippen LogP contribution in [0.25, 0.3) is 0 Å². The topological polar surface area (TPSA) is 38.8 Å². The second-order valence-corrected chi connectivity index (χ2v) is 8.90. The van der Waals surface area contributed by atoms with Crippen molar-refractivity contribution in [3.63, 3.8) is 0 Å². The highest BCUT2D eigenvalue weighted by atomic mass is 16.7. The van der Waals surface area contributed by atoms with E-state index in [9.17, 15) is 4.79 Å². The van der Waals surface area contributed by atoms with Gasteiger partial charge in [0.1, 0.15) is 5.60 Å². The normalized spacial score (nSPS) is 32.7. The fourth-order valence-electron chi connectivity index (χ4n) is 5.62. The maximum absolute atomic E-state index is 13.0. The van der Waals surface area contributed by atoms with Gasteiger partial charge in [-0.3, -0.25) is 4.79 Å². The highest BCUT2D eigenvalue weighted by Gasteiger charge is 2.63. The van der Waals surface area contributed by atoms with Crippen LogP contribution in [0.4, 0.5) is 0 Å². The molecule has 126 valence electrons. The molecule has 2 heterocycles. The molecule has 2 aliphatic heterocycles. The Morgan fingerprint density at radius 3 is 2.05 bits per heavy atom. The largest absolute Gasteiger partial charge is 0.360 e. The summed E-state index contributed by atoms with van der Waals surface area (Å²) in [6.45, 7) is 8.62. The molecule has 0 amide bonds. The smallest absolute Gasteiger partial charge is 0.167 e. The van der Waals surface area contributed by atoms with Crippen LogP contribution in [0.15, 0.2) is 0 Å². The van der Waals surface area contributed by atoms with Gasteiger partial charge in [0.2, 0.25) is 0 Å². The van der Waals surface area contributed by atoms with Crippen LogP contribution in [0.1, 0.15) is 79.1 Å². The molecule has 0 atom stereocenters. The monoisotopic (exact) mass is 309 g/mol. The van der Waals surface area contributed by atoms with Crippen LogP contribution < -0.4 is 0 Å². The molecule has 1 saturated carbocycles. The van der Waals surface area contributed by atoms with Crippen LogP contribution in [-0.4, -0.2) is 40.2 Å². The van der Waals surface area contributed by atoms with Crippen molar-refractivity contribution in [2.24, 2.45) is 0 Å². The van der Waals surface area contributed by atoms with Gasteiger partial charge in [0.15, 0.2) is 5.78 Å². The molecule has 22 heavy (non-hydrogen) atoms. The van der Waals surface area contributed by atoms with Crippen LogP contribution in [0.3, 0.4) is 0 Å². The van der Waals surface area contributed by atoms with Gasteiger partial charge in [0, 0.05) is 30.3 Å². The first-order valence-corrected chi connectivity index (χ1v) is 8.73. The number of carbonyl (C=O) groups excluding carboxylic acids is 1. The minimum Gasteiger partial charge on any atom is -0.360 e. The van der Waals surface area contributed by atoms with Crippen molar-refractivity contribution >= 4 is 5.78 Å². The molecule has 3 rings (SSSR count). The van der Waals surface area contributed by atoms with E-state index in [1.807, 2.05) is 5.06 Å². The lowest BCUT2D eigenvalue weighted by Crippen LogP contribution is -2.66. The van der Waals surface area contributed by atoms with E-state index in [0.717, 1.165) is 25.7 Å². The molecule has 4 heteroatoms. The van der Waals surface area contributed by atoms with Crippen molar-refractivity contribution in [2.75, 3.05) is 7.11 Å². The van der Waals surface area contributed by atoms with Gasteiger partial charge < -0.3 is 9.57 Å². The molecule has 0 N–H and O–H groups in total. The minimum atomic E-state index is -0.612. The summed E-state index contributed by atoms with van der Waals surface area (Å²) in [4.78, 5) is 18.7. The third-order valence-electron chi connectivity index (χ3n) is 5.89. The van der Waals surface area contributed by atoms with Gasteiger partial charge in [-0.05, 0) is 40.5 Å². The van der Waals surface area contributed by atoms with Crippen molar-refractivity contribution in [2.45, 2.75) is 101 Å². The summed E-state index contributed by atoms with van der Waals surface area (Å²) < 4.78 is 6.66. The average Bonchev–Trinajstić information content (AvgIpc) is 2.59. The van der Waals surface area contributed by atoms with Crippen molar-refractivity contribution < 1.29 is 14.4 Å². The Balaban J connectivity index is 1.92. The Bertz CT molecular complexity index is 445. The lowest BCUT2D eigenvalue weighted by Gasteiger charge is -2.56. The molecule has 2 spiro atoms. The first-order valence-electron chi connectivity index (χ1n) is 8.73. The standard InChI is InChI=1S/C18H31NO3/c1-15(2)12-18(13-16(3,4)19(15)21-5)14(20)11-17(22-18)9-7-6-8-10-17/h6-13H2,1-5H3. The number of rotatable bonds is 1. The van der Waals surface area contributed by atoms with Gasteiger partial charge in [0.25, 0.3) is 0 Å². The second-order valence-electron chi connectivity index (χ2n) is 8.90. The Hall–Kier alpha value is -0.450. The first kappa shape index (κ1) is 16.4. The summed E-state index contributed by atoms with van der Waals surface area (Å²) in [6, 6.07) is 0. The molecule has 0 aromatic heterocycles. The quantitative estimate of drug-likeness (QED) is 0.741. The maximum atomic E-state index is 13.0. The molecule has 3 fully saturated rings. The molecule has 2 saturated heterocycles. The highest BCUT2D eigenvalue weighted by molar-refractivity contribution is 5.90. The first-order chi connectivity index (χ1) is 10.1. The van der Waals surface area contributed by atoms with E-state index < -0.39 is 5.60 Å². The van der Waals surface area contributed by atoms with Crippen LogP contribution >= 0.6 is 0 Å². The molecule has 0 radical (unpaired) electrons. The summed E-state index contributed by atoms with van der Waals surface area (Å²) in [5.41, 5.74) is -1.21. The molecule has 3 aliphatic rings. The van der Waals surface area contributed by atoms with E-state index in [2.05, 4.69) is 27.7 Å². The SMILES string of the molecule is CON1C(C)(C)CC2(CC1(C)C)OC1(CCCCC1)CC2=O. The summed E-state index contributed by atoms with van der Waals surface area (Å²) in [6.07, 6.45) is 7.83. The molecule has 1 aliphatic carbocycles. The summed E-state index contributed by atoms with van der Waals surface area (Å²) in [7, 11) is 1.72. The number of hydroxylamine groups is 2. The number of carbonyl (C=O) groups is 1. The number of nitrogens with zero attached hydrogens (tertiary/aromatic N) is 1. The zero-order chi connectivity index (χ0) is 16.2. The van der Waals surface area contributed by atoms with Crippen molar-refractivity contribution in [3.05, 3.63) is 0 Å². The molecule has 0 bridgehead atoms. The van der Waals surface area contributed by atoms with Crippen LogP contribution in [0, 0.1) is 0 Å². The zero-order valence-corrected chi connectivity index (χ0v) is 14.8. The second kappa shape index (κ2) is 5.02. The van der Waals surface area contributed by atoms with Gasteiger partial charge in [-0.1, -0.05) is 19.3 Å². The van der Waals surface area contributed by atoms with E-state index in [-0.39, 0.29) is 16.7 Å². The average molecular weight is 309 g/mol. The summed E-state index contributed by atoms with van der Waals surface area (Å²) >= 11 is 0. The Labute approximate surface area is 134 Å². The molecular formula is C18H31NO3. The maximum Gasteiger partial charge on any atom is 0.167 e. The van der Waals surface area contributed by atoms with E-state index in [4.69, 9.17) is 9.57 Å². The highest BCUT2D eigenvalue weighted by Crippen LogP contribution is 2.54. The Kier molecular flexibility index (Phi) is 3.75. The van der Waals surface area contributed by atoms with Gasteiger partial charge in [-0.2, -0.15) is 5.06 Å². The fraction of sp³-hybridized carbons (Fsp3) is 0.944. The number of hydrogen-bond acceptors (Lipinski definition) is 4. The summed E-state index contributed by atoms with van der Waals surface area (Å²) in [5.74, 6) is 0.325. The zero-order valence-electron chi connectivity index (χ0n) is 14.8. The number of ketones is 1. The third kappa shape index (κ3) is 2.44. The predicted octanol–water partition coefficient (Wildman–Crippen LogP) is 3.63. The van der Waals surface area contributed by atoms with E-state index in [0.29, 0.717) is 12.2 Å². The number of ether oxygens (including phenoxy) is 1. The number of piperidine rings is 1. The molecule has 0 aromatic rings. The lowest BCUT2D eigenvalue weighted by molar-refractivity contribution is -0.296. The number of Topliss-reactive ketones (excluding diaryl/α,β-unsaturated/α-hetero) is 1. The fourth-order valence-corrected chi connectivity index (χ4v) is 5.62. The van der Waals surface area contributed by atoms with Gasteiger partial charge in [-0.25, -0.2) is 0 Å². The predicted molar refractivity (Wildman–Crippen MR) is 85.5 cm³/mol. The summed E-state index contributed by atoms with van der Waals surface area (Å²) in [5, 5.41) is 2.05. The molecule has 4 nitrogen and oxygen atoms in total. The van der Waals surface area contributed by atoms with E-state index in [1.165, 1.54) is 19.3 Å². The van der Waals surface area contributed by atoms with Crippen molar-refractivity contribution in [1.29, 1.82) is 0 Å². The van der Waals surface area contributed by atoms with Gasteiger partial charge in [-0.15, -0.1) is 0 Å². The van der Waals surface area contributed by atoms with Crippen molar-refractivity contribution in [3.8, 4) is 0 Å². The third-order valence-corrected chi connectivity index (χ3v) is 5.89. The molecular weight excluding hydrogens is 278 g/mol. The van der Waals surface area contributed by atoms with Crippen LogP contribution in [0.2, 0.25) is 0 Å². The number of hydrogen-bond donors (Lipinski definition) is 0. The van der Waals surface area contributed by atoms with Crippen LogP contribution in [-0.2, 0) is 14.4 Å². The van der Waals surface area contributed by atoms with Crippen molar-refractivity contribution in [1.82, 2.24) is 5.06 Å². The Morgan fingerprint density at radius 2 is 1.55 bits per heavy atom. The Morgan fingerprint density at radius 1 is 1.00 bits per heavy atom. The van der Waals surface area contributed by atoms with Crippen LogP contribution in [0.5, 0.6) is 0 Å². The minimum absolute atomic E-state index is 0.170. The lowest BCUT2D eigenvalue weighted by atomic mass is 9.70. The van der Waals surface area contributed by atoms with E-state index >= 15 is 0 Å².